The zero-order valence-electron chi connectivity index (χ0n) is 8.83. The van der Waals surface area contributed by atoms with E-state index in [2.05, 4.69) is 12.2 Å². The second-order valence-electron chi connectivity index (χ2n) is 3.25. The van der Waals surface area contributed by atoms with Gasteiger partial charge in [0.15, 0.2) is 0 Å². The normalized spacial score (nSPS) is 12.7. The highest BCUT2D eigenvalue weighted by Crippen LogP contribution is 2.07. The quantitative estimate of drug-likeness (QED) is 0.755. The maximum Gasteiger partial charge on any atom is 0.123 e. The molecule has 0 aromatic heterocycles. The first-order valence-electron chi connectivity index (χ1n) is 5.08. The van der Waals surface area contributed by atoms with Crippen LogP contribution >= 0.6 is 0 Å². The minimum atomic E-state index is -1.02. The molecule has 84 valence electrons. The van der Waals surface area contributed by atoms with E-state index in [-0.39, 0.29) is 5.82 Å². The predicted molar refractivity (Wildman–Crippen MR) is 60.8 cm³/mol. The van der Waals surface area contributed by atoms with E-state index in [0.29, 0.717) is 10.6 Å². The smallest absolute Gasteiger partial charge is 0.123 e. The molecule has 1 rings (SSSR count). The lowest BCUT2D eigenvalue weighted by molar-refractivity contribution is 0.626. The lowest BCUT2D eigenvalue weighted by Gasteiger charge is -2.03. The maximum atomic E-state index is 12.6. The Morgan fingerprint density at radius 3 is 2.53 bits per heavy atom. The molecular formula is C11H16FNOS. The molecule has 0 aliphatic carbocycles. The van der Waals surface area contributed by atoms with Crippen LogP contribution in [0.2, 0.25) is 0 Å². The lowest BCUT2D eigenvalue weighted by Crippen LogP contribution is -2.21. The molecule has 1 aromatic rings. The van der Waals surface area contributed by atoms with E-state index in [1.807, 2.05) is 0 Å². The minimum Gasteiger partial charge on any atom is -0.316 e. The topological polar surface area (TPSA) is 29.1 Å². The molecule has 1 N–H and O–H groups in total. The number of nitrogens with one attached hydrogen (secondary N) is 1. The van der Waals surface area contributed by atoms with Gasteiger partial charge in [0.1, 0.15) is 5.82 Å². The summed E-state index contributed by atoms with van der Waals surface area (Å²) in [6.07, 6.45) is 1.07. The Morgan fingerprint density at radius 1 is 1.27 bits per heavy atom. The molecule has 0 heterocycles. The van der Waals surface area contributed by atoms with E-state index in [0.717, 1.165) is 19.5 Å². The van der Waals surface area contributed by atoms with Crippen LogP contribution in [0.1, 0.15) is 13.3 Å². The van der Waals surface area contributed by atoms with Gasteiger partial charge in [0.25, 0.3) is 0 Å². The minimum absolute atomic E-state index is 0.292. The van der Waals surface area contributed by atoms with Gasteiger partial charge in [0.2, 0.25) is 0 Å². The fraction of sp³-hybridized carbons (Fsp3) is 0.455. The van der Waals surface area contributed by atoms with Crippen LogP contribution in [0, 0.1) is 5.82 Å². The lowest BCUT2D eigenvalue weighted by atomic mass is 10.4. The van der Waals surface area contributed by atoms with Crippen LogP contribution in [-0.2, 0) is 10.8 Å². The molecule has 15 heavy (non-hydrogen) atoms. The first kappa shape index (κ1) is 12.3. The highest BCUT2D eigenvalue weighted by Gasteiger charge is 2.02. The van der Waals surface area contributed by atoms with Gasteiger partial charge < -0.3 is 5.32 Å². The van der Waals surface area contributed by atoms with Gasteiger partial charge >= 0.3 is 0 Å². The number of benzene rings is 1. The van der Waals surface area contributed by atoms with Crippen molar-refractivity contribution in [2.45, 2.75) is 18.2 Å². The number of hydrogen-bond acceptors (Lipinski definition) is 2. The first-order valence-corrected chi connectivity index (χ1v) is 6.40. The molecule has 0 spiro atoms. The second kappa shape index (κ2) is 6.69. The van der Waals surface area contributed by atoms with Crippen molar-refractivity contribution >= 4 is 10.8 Å². The van der Waals surface area contributed by atoms with Crippen molar-refractivity contribution in [2.24, 2.45) is 0 Å². The molecule has 0 saturated heterocycles. The van der Waals surface area contributed by atoms with Gasteiger partial charge in [0.05, 0.1) is 10.8 Å². The molecule has 0 aliphatic heterocycles. The van der Waals surface area contributed by atoms with Gasteiger partial charge in [-0.05, 0) is 37.2 Å². The van der Waals surface area contributed by atoms with E-state index < -0.39 is 10.8 Å². The van der Waals surface area contributed by atoms with Crippen molar-refractivity contribution in [3.05, 3.63) is 30.1 Å². The number of halogens is 1. The summed E-state index contributed by atoms with van der Waals surface area (Å²) in [7, 11) is -1.02. The van der Waals surface area contributed by atoms with Crippen LogP contribution in [0.5, 0.6) is 0 Å². The molecule has 4 heteroatoms. The number of rotatable bonds is 6. The molecule has 1 aromatic carbocycles. The van der Waals surface area contributed by atoms with E-state index in [1.165, 1.54) is 12.1 Å². The highest BCUT2D eigenvalue weighted by molar-refractivity contribution is 7.85. The summed E-state index contributed by atoms with van der Waals surface area (Å²) >= 11 is 0. The third-order valence-corrected chi connectivity index (χ3v) is 3.34. The van der Waals surface area contributed by atoms with Crippen LogP contribution in [-0.4, -0.2) is 23.1 Å². The molecule has 0 aliphatic rings. The van der Waals surface area contributed by atoms with Crippen LogP contribution in [0.4, 0.5) is 4.39 Å². The van der Waals surface area contributed by atoms with E-state index in [9.17, 15) is 8.60 Å². The molecule has 0 amide bonds. The van der Waals surface area contributed by atoms with Crippen molar-refractivity contribution in [1.29, 1.82) is 0 Å². The Kier molecular flexibility index (Phi) is 5.50. The SMILES string of the molecule is CCCNCCS(=O)c1ccc(F)cc1. The largest absolute Gasteiger partial charge is 0.316 e. The van der Waals surface area contributed by atoms with Crippen molar-refractivity contribution in [3.63, 3.8) is 0 Å². The third-order valence-electron chi connectivity index (χ3n) is 1.97. The fourth-order valence-electron chi connectivity index (χ4n) is 1.17. The molecule has 0 bridgehead atoms. The molecule has 0 fully saturated rings. The molecular weight excluding hydrogens is 213 g/mol. The first-order chi connectivity index (χ1) is 7.24. The van der Waals surface area contributed by atoms with Crippen LogP contribution in [0.3, 0.4) is 0 Å². The fourth-order valence-corrected chi connectivity index (χ4v) is 2.18. The summed E-state index contributed by atoms with van der Waals surface area (Å²) in [4.78, 5) is 0.690. The molecule has 0 radical (unpaired) electrons. The monoisotopic (exact) mass is 229 g/mol. The van der Waals surface area contributed by atoms with Gasteiger partial charge in [-0.2, -0.15) is 0 Å². The second-order valence-corrected chi connectivity index (χ2v) is 4.82. The van der Waals surface area contributed by atoms with Crippen LogP contribution < -0.4 is 5.32 Å². The Labute approximate surface area is 92.3 Å². The highest BCUT2D eigenvalue weighted by atomic mass is 32.2. The van der Waals surface area contributed by atoms with Crippen molar-refractivity contribution < 1.29 is 8.60 Å². The van der Waals surface area contributed by atoms with Gasteiger partial charge in [-0.3, -0.25) is 4.21 Å². The zero-order chi connectivity index (χ0) is 11.1. The molecule has 0 saturated carbocycles. The third kappa shape index (κ3) is 4.53. The Balaban J connectivity index is 2.37. The van der Waals surface area contributed by atoms with E-state index in [1.54, 1.807) is 12.1 Å². The average Bonchev–Trinajstić information content (AvgIpc) is 2.25. The summed E-state index contributed by atoms with van der Waals surface area (Å²) < 4.78 is 24.3. The number of hydrogen-bond donors (Lipinski definition) is 1. The Bertz CT molecular complexity index is 313. The Hall–Kier alpha value is -0.740. The average molecular weight is 229 g/mol. The predicted octanol–water partition coefficient (Wildman–Crippen LogP) is 1.93. The standard InChI is InChI=1S/C11H16FNOS/c1-2-7-13-8-9-15(14)11-5-3-10(12)4-6-11/h3-6,13H,2,7-9H2,1H3. The van der Waals surface area contributed by atoms with Crippen LogP contribution in [0.25, 0.3) is 0 Å². The van der Waals surface area contributed by atoms with Crippen LogP contribution in [0.15, 0.2) is 29.2 Å². The Morgan fingerprint density at radius 2 is 1.93 bits per heavy atom. The molecule has 1 atom stereocenters. The summed E-state index contributed by atoms with van der Waals surface area (Å²) in [5, 5.41) is 3.18. The van der Waals surface area contributed by atoms with Crippen molar-refractivity contribution in [2.75, 3.05) is 18.8 Å². The van der Waals surface area contributed by atoms with Gasteiger partial charge in [-0.1, -0.05) is 6.92 Å². The van der Waals surface area contributed by atoms with E-state index in [4.69, 9.17) is 0 Å². The van der Waals surface area contributed by atoms with Gasteiger partial charge in [-0.25, -0.2) is 4.39 Å². The summed E-state index contributed by atoms with van der Waals surface area (Å²) in [6, 6.07) is 5.83. The molecule has 1 unspecified atom stereocenters. The van der Waals surface area contributed by atoms with Crippen molar-refractivity contribution in [1.82, 2.24) is 5.32 Å². The molecule has 2 nitrogen and oxygen atoms in total. The van der Waals surface area contributed by atoms with E-state index >= 15 is 0 Å². The van der Waals surface area contributed by atoms with Gasteiger partial charge in [0, 0.05) is 17.2 Å². The maximum absolute atomic E-state index is 12.6. The summed E-state index contributed by atoms with van der Waals surface area (Å²) in [5.41, 5.74) is 0. The summed E-state index contributed by atoms with van der Waals surface area (Å²) in [5.74, 6) is 0.283. The summed E-state index contributed by atoms with van der Waals surface area (Å²) in [6.45, 7) is 3.77. The van der Waals surface area contributed by atoms with Crippen molar-refractivity contribution in [3.8, 4) is 0 Å². The zero-order valence-corrected chi connectivity index (χ0v) is 9.65. The van der Waals surface area contributed by atoms with Gasteiger partial charge in [-0.15, -0.1) is 0 Å².